The van der Waals surface area contributed by atoms with Crippen LogP contribution in [0.3, 0.4) is 0 Å². The predicted octanol–water partition coefficient (Wildman–Crippen LogP) is 0.464. The summed E-state index contributed by atoms with van der Waals surface area (Å²) in [7, 11) is 0. The quantitative estimate of drug-likeness (QED) is 0.556. The molecule has 24 heavy (non-hydrogen) atoms. The van der Waals surface area contributed by atoms with E-state index in [4.69, 9.17) is 4.74 Å². The Morgan fingerprint density at radius 1 is 1.29 bits per heavy atom. The molecule has 0 saturated carbocycles. The number of hydrogen-bond donors (Lipinski definition) is 2. The van der Waals surface area contributed by atoms with Gasteiger partial charge in [-0.05, 0) is 27.7 Å². The van der Waals surface area contributed by atoms with E-state index in [-0.39, 0.29) is 5.54 Å². The Balaban J connectivity index is 1.93. The third kappa shape index (κ3) is 5.17. The van der Waals surface area contributed by atoms with Gasteiger partial charge in [0.15, 0.2) is 11.8 Å². The van der Waals surface area contributed by atoms with Gasteiger partial charge in [-0.2, -0.15) is 0 Å². The molecule has 0 aliphatic carbocycles. The third-order valence-corrected chi connectivity index (χ3v) is 4.31. The van der Waals surface area contributed by atoms with Crippen LogP contribution >= 0.6 is 0 Å². The Morgan fingerprint density at radius 2 is 2.04 bits per heavy atom. The maximum atomic E-state index is 5.45. The summed E-state index contributed by atoms with van der Waals surface area (Å²) in [6, 6.07) is 0. The Hall–Kier alpha value is -1.67. The van der Waals surface area contributed by atoms with Crippen LogP contribution in [0, 0.1) is 0 Å². The minimum Gasteiger partial charge on any atom is -0.379 e. The third-order valence-electron chi connectivity index (χ3n) is 4.31. The molecule has 0 aromatic carbocycles. The van der Waals surface area contributed by atoms with E-state index in [9.17, 15) is 0 Å². The average molecular weight is 337 g/mol. The first-order valence-electron chi connectivity index (χ1n) is 8.78. The molecular weight excluding hydrogens is 306 g/mol. The second kappa shape index (κ2) is 8.98. The van der Waals surface area contributed by atoms with Crippen molar-refractivity contribution < 1.29 is 4.74 Å². The Bertz CT molecular complexity index is 520. The molecule has 1 aromatic heterocycles. The summed E-state index contributed by atoms with van der Waals surface area (Å²) in [6.45, 7) is 15.2. The van der Waals surface area contributed by atoms with Crippen molar-refractivity contribution in [3.05, 3.63) is 12.2 Å². The van der Waals surface area contributed by atoms with Gasteiger partial charge in [0.25, 0.3) is 0 Å². The summed E-state index contributed by atoms with van der Waals surface area (Å²) in [6.07, 6.45) is 1.74. The van der Waals surface area contributed by atoms with Crippen molar-refractivity contribution in [2.45, 2.75) is 46.3 Å². The molecule has 0 amide bonds. The molecule has 8 heteroatoms. The summed E-state index contributed by atoms with van der Waals surface area (Å²) in [5.74, 6) is 1.69. The van der Waals surface area contributed by atoms with Gasteiger partial charge in [0.1, 0.15) is 12.9 Å². The zero-order chi connectivity index (χ0) is 17.4. The van der Waals surface area contributed by atoms with Crippen molar-refractivity contribution in [3.8, 4) is 0 Å². The van der Waals surface area contributed by atoms with Crippen molar-refractivity contribution in [1.82, 2.24) is 30.3 Å². The first kappa shape index (κ1) is 18.7. The van der Waals surface area contributed by atoms with Crippen LogP contribution < -0.4 is 10.6 Å². The normalized spacial score (nSPS) is 17.1. The number of nitrogens with one attached hydrogen (secondary N) is 2. The van der Waals surface area contributed by atoms with Crippen LogP contribution in [0.2, 0.25) is 0 Å². The monoisotopic (exact) mass is 337 g/mol. The van der Waals surface area contributed by atoms with E-state index in [1.165, 1.54) is 0 Å². The lowest BCUT2D eigenvalue weighted by Crippen LogP contribution is -2.56. The molecule has 2 heterocycles. The van der Waals surface area contributed by atoms with Crippen molar-refractivity contribution in [3.63, 3.8) is 0 Å². The van der Waals surface area contributed by atoms with Gasteiger partial charge in [0.05, 0.1) is 13.2 Å². The largest absolute Gasteiger partial charge is 0.379 e. The summed E-state index contributed by atoms with van der Waals surface area (Å²) in [5, 5.41) is 14.8. The first-order valence-corrected chi connectivity index (χ1v) is 8.78. The first-order chi connectivity index (χ1) is 11.6. The van der Waals surface area contributed by atoms with E-state index >= 15 is 0 Å². The smallest absolute Gasteiger partial charge is 0.191 e. The molecule has 1 aliphatic heterocycles. The molecule has 1 aliphatic rings. The Labute approximate surface area is 144 Å². The zero-order valence-electron chi connectivity index (χ0n) is 15.4. The van der Waals surface area contributed by atoms with Crippen LogP contribution in [-0.2, 0) is 17.8 Å². The highest BCUT2D eigenvalue weighted by Gasteiger charge is 2.28. The molecule has 0 radical (unpaired) electrons. The van der Waals surface area contributed by atoms with Crippen LogP contribution in [0.1, 0.15) is 33.5 Å². The number of aryl methyl sites for hydroxylation is 1. The average Bonchev–Trinajstić information content (AvgIpc) is 3.06. The SMILES string of the molecule is CCNC(=NCc1nncn1CC)NCC(C)(C)N1CCOCC1. The van der Waals surface area contributed by atoms with E-state index in [0.29, 0.717) is 6.54 Å². The Morgan fingerprint density at radius 3 is 2.71 bits per heavy atom. The van der Waals surface area contributed by atoms with Crippen molar-refractivity contribution in [1.29, 1.82) is 0 Å². The number of nitrogens with zero attached hydrogens (tertiary/aromatic N) is 5. The topological polar surface area (TPSA) is 79.6 Å². The minimum absolute atomic E-state index is 0.0451. The molecule has 136 valence electrons. The van der Waals surface area contributed by atoms with E-state index in [1.807, 2.05) is 4.57 Å². The summed E-state index contributed by atoms with van der Waals surface area (Å²) in [4.78, 5) is 7.10. The molecular formula is C16H31N7O. The number of aliphatic imine (C=N–C) groups is 1. The maximum absolute atomic E-state index is 5.45. The highest BCUT2D eigenvalue weighted by atomic mass is 16.5. The van der Waals surface area contributed by atoms with Gasteiger partial charge in [0, 0.05) is 38.3 Å². The second-order valence-electron chi connectivity index (χ2n) is 6.49. The van der Waals surface area contributed by atoms with Gasteiger partial charge in [-0.15, -0.1) is 10.2 Å². The zero-order valence-corrected chi connectivity index (χ0v) is 15.4. The molecule has 2 rings (SSSR count). The molecule has 0 atom stereocenters. The lowest BCUT2D eigenvalue weighted by molar-refractivity contribution is -0.00834. The van der Waals surface area contributed by atoms with E-state index in [2.05, 4.69) is 58.4 Å². The van der Waals surface area contributed by atoms with E-state index in [0.717, 1.165) is 57.7 Å². The molecule has 0 unspecified atom stereocenters. The molecule has 1 fully saturated rings. The lowest BCUT2D eigenvalue weighted by atomic mass is 10.0. The molecule has 2 N–H and O–H groups in total. The minimum atomic E-state index is 0.0451. The highest BCUT2D eigenvalue weighted by Crippen LogP contribution is 2.15. The number of hydrogen-bond acceptors (Lipinski definition) is 5. The van der Waals surface area contributed by atoms with E-state index in [1.54, 1.807) is 6.33 Å². The molecule has 0 bridgehead atoms. The molecule has 0 spiro atoms. The number of morpholine rings is 1. The summed E-state index contributed by atoms with van der Waals surface area (Å²) in [5.41, 5.74) is 0.0451. The molecule has 1 saturated heterocycles. The number of aromatic nitrogens is 3. The van der Waals surface area contributed by atoms with Crippen molar-refractivity contribution >= 4 is 5.96 Å². The molecule has 8 nitrogen and oxygen atoms in total. The lowest BCUT2D eigenvalue weighted by Gasteiger charge is -2.41. The van der Waals surface area contributed by atoms with Crippen LogP contribution in [0.25, 0.3) is 0 Å². The predicted molar refractivity (Wildman–Crippen MR) is 95.0 cm³/mol. The highest BCUT2D eigenvalue weighted by molar-refractivity contribution is 5.79. The number of ether oxygens (including phenoxy) is 1. The second-order valence-corrected chi connectivity index (χ2v) is 6.49. The van der Waals surface area contributed by atoms with Gasteiger partial charge in [-0.3, -0.25) is 4.90 Å². The fourth-order valence-corrected chi connectivity index (χ4v) is 2.74. The fourth-order valence-electron chi connectivity index (χ4n) is 2.74. The van der Waals surface area contributed by atoms with Gasteiger partial charge in [-0.25, -0.2) is 4.99 Å². The van der Waals surface area contributed by atoms with E-state index < -0.39 is 0 Å². The van der Waals surface area contributed by atoms with Crippen LogP contribution in [0.4, 0.5) is 0 Å². The van der Waals surface area contributed by atoms with Gasteiger partial charge >= 0.3 is 0 Å². The maximum Gasteiger partial charge on any atom is 0.191 e. The summed E-state index contributed by atoms with van der Waals surface area (Å²) < 4.78 is 7.45. The van der Waals surface area contributed by atoms with Crippen LogP contribution in [0.5, 0.6) is 0 Å². The number of guanidine groups is 1. The van der Waals surface area contributed by atoms with Gasteiger partial charge < -0.3 is 19.9 Å². The van der Waals surface area contributed by atoms with Crippen molar-refractivity contribution in [2.24, 2.45) is 4.99 Å². The Kier molecular flexibility index (Phi) is 6.99. The molecule has 1 aromatic rings. The van der Waals surface area contributed by atoms with Gasteiger partial charge in [-0.1, -0.05) is 0 Å². The van der Waals surface area contributed by atoms with Crippen LogP contribution in [-0.4, -0.2) is 70.6 Å². The van der Waals surface area contributed by atoms with Gasteiger partial charge in [0.2, 0.25) is 0 Å². The fraction of sp³-hybridized carbons (Fsp3) is 0.812. The van der Waals surface area contributed by atoms with Crippen LogP contribution in [0.15, 0.2) is 11.3 Å². The summed E-state index contributed by atoms with van der Waals surface area (Å²) >= 11 is 0. The standard InChI is InChI=1S/C16H31N7O/c1-5-17-15(18-11-14-21-20-13-22(14)6-2)19-12-16(3,4)23-7-9-24-10-8-23/h13H,5-12H2,1-4H3,(H2,17,18,19). The number of rotatable bonds is 7. The van der Waals surface area contributed by atoms with Crippen molar-refractivity contribution in [2.75, 3.05) is 39.4 Å².